The van der Waals surface area contributed by atoms with E-state index < -0.39 is 4.92 Å². The Morgan fingerprint density at radius 1 is 1.56 bits per heavy atom. The fourth-order valence-corrected chi connectivity index (χ4v) is 1.26. The van der Waals surface area contributed by atoms with Crippen molar-refractivity contribution in [1.29, 1.82) is 0 Å². The van der Waals surface area contributed by atoms with E-state index in [-0.39, 0.29) is 17.3 Å². The molecular weight excluding hydrogens is 210 g/mol. The Hall–Kier alpha value is -1.85. The van der Waals surface area contributed by atoms with E-state index >= 15 is 0 Å². The van der Waals surface area contributed by atoms with Crippen molar-refractivity contribution >= 4 is 11.4 Å². The second-order valence-corrected chi connectivity index (χ2v) is 3.37. The van der Waals surface area contributed by atoms with Crippen molar-refractivity contribution in [2.45, 2.75) is 26.2 Å². The molecule has 0 saturated heterocycles. The van der Waals surface area contributed by atoms with Gasteiger partial charge in [-0.15, -0.1) is 0 Å². The number of ether oxygens (including phenoxy) is 1. The number of hydrogen-bond acceptors (Lipinski definition) is 5. The minimum Gasteiger partial charge on any atom is -0.473 e. The average molecular weight is 225 g/mol. The van der Waals surface area contributed by atoms with Crippen LogP contribution in [-0.4, -0.2) is 16.5 Å². The van der Waals surface area contributed by atoms with Crippen LogP contribution in [0.1, 0.15) is 26.2 Å². The molecular formula is C10H15N3O3. The van der Waals surface area contributed by atoms with Gasteiger partial charge in [-0.3, -0.25) is 10.1 Å². The molecule has 0 aliphatic heterocycles. The minimum atomic E-state index is -0.572. The Morgan fingerprint density at radius 2 is 2.31 bits per heavy atom. The first-order valence-corrected chi connectivity index (χ1v) is 5.18. The van der Waals surface area contributed by atoms with Crippen molar-refractivity contribution in [3.63, 3.8) is 0 Å². The summed E-state index contributed by atoms with van der Waals surface area (Å²) < 4.78 is 5.25. The molecule has 1 heterocycles. The van der Waals surface area contributed by atoms with Crippen molar-refractivity contribution in [3.8, 4) is 5.88 Å². The number of aromatic nitrogens is 1. The predicted octanol–water partition coefficient (Wildman–Crippen LogP) is 2.14. The number of nitrogens with zero attached hydrogens (tertiary/aromatic N) is 2. The second-order valence-electron chi connectivity index (χ2n) is 3.37. The molecule has 0 radical (unpaired) electrons. The van der Waals surface area contributed by atoms with E-state index in [0.29, 0.717) is 6.61 Å². The van der Waals surface area contributed by atoms with Crippen LogP contribution >= 0.6 is 0 Å². The highest BCUT2D eigenvalue weighted by atomic mass is 16.6. The molecule has 0 saturated carbocycles. The van der Waals surface area contributed by atoms with Crippen LogP contribution < -0.4 is 10.5 Å². The van der Waals surface area contributed by atoms with Crippen LogP contribution in [0.5, 0.6) is 5.88 Å². The smallest absolute Gasteiger partial charge is 0.353 e. The lowest BCUT2D eigenvalue weighted by Gasteiger charge is -2.05. The van der Waals surface area contributed by atoms with Crippen molar-refractivity contribution in [3.05, 3.63) is 22.4 Å². The molecule has 6 nitrogen and oxygen atoms in total. The summed E-state index contributed by atoms with van der Waals surface area (Å²) in [4.78, 5) is 14.0. The van der Waals surface area contributed by atoms with Gasteiger partial charge < -0.3 is 10.5 Å². The van der Waals surface area contributed by atoms with E-state index in [2.05, 4.69) is 11.9 Å². The highest BCUT2D eigenvalue weighted by molar-refractivity contribution is 5.62. The van der Waals surface area contributed by atoms with Gasteiger partial charge in [-0.1, -0.05) is 19.8 Å². The van der Waals surface area contributed by atoms with Crippen LogP contribution in [0.25, 0.3) is 0 Å². The molecule has 1 rings (SSSR count). The zero-order valence-electron chi connectivity index (χ0n) is 9.18. The third-order valence-electron chi connectivity index (χ3n) is 2.09. The number of nitrogens with two attached hydrogens (primary N) is 1. The van der Waals surface area contributed by atoms with Crippen molar-refractivity contribution in [1.82, 2.24) is 4.98 Å². The number of rotatable bonds is 6. The fraction of sp³-hybridized carbons (Fsp3) is 0.500. The van der Waals surface area contributed by atoms with E-state index in [9.17, 15) is 10.1 Å². The fourth-order valence-electron chi connectivity index (χ4n) is 1.26. The van der Waals surface area contributed by atoms with Gasteiger partial charge >= 0.3 is 5.69 Å². The number of anilines is 1. The van der Waals surface area contributed by atoms with Gasteiger partial charge in [0.25, 0.3) is 5.88 Å². The lowest BCUT2D eigenvalue weighted by Crippen LogP contribution is -2.04. The number of hydrogen-bond donors (Lipinski definition) is 1. The molecule has 0 fully saturated rings. The second kappa shape index (κ2) is 5.89. The molecule has 0 unspecified atom stereocenters. The summed E-state index contributed by atoms with van der Waals surface area (Å²) in [6.45, 7) is 2.49. The maximum absolute atomic E-state index is 10.7. The highest BCUT2D eigenvalue weighted by Gasteiger charge is 2.20. The molecule has 0 bridgehead atoms. The summed E-state index contributed by atoms with van der Waals surface area (Å²) in [5, 5.41) is 10.7. The van der Waals surface area contributed by atoms with Crippen molar-refractivity contribution in [2.24, 2.45) is 0 Å². The summed E-state index contributed by atoms with van der Waals surface area (Å²) >= 11 is 0. The monoisotopic (exact) mass is 225 g/mol. The molecule has 0 aliphatic carbocycles. The first-order chi connectivity index (χ1) is 7.66. The van der Waals surface area contributed by atoms with Gasteiger partial charge in [-0.05, 0) is 12.5 Å². The van der Waals surface area contributed by atoms with Crippen molar-refractivity contribution in [2.75, 3.05) is 12.3 Å². The standard InChI is InChI=1S/C10H15N3O3/c1-2-3-4-7-16-10-9(13(14)15)8(11)5-6-12-10/h5-6H,2-4,7H2,1H3,(H2,11,12). The van der Waals surface area contributed by atoms with Crippen LogP contribution in [-0.2, 0) is 0 Å². The van der Waals surface area contributed by atoms with Crippen LogP contribution in [0.3, 0.4) is 0 Å². The topological polar surface area (TPSA) is 91.3 Å². The van der Waals surface area contributed by atoms with E-state index in [1.54, 1.807) is 0 Å². The SMILES string of the molecule is CCCCCOc1nccc(N)c1[N+](=O)[O-]. The molecule has 0 spiro atoms. The Balaban J connectivity index is 2.71. The molecule has 6 heteroatoms. The van der Waals surface area contributed by atoms with Gasteiger partial charge in [0, 0.05) is 6.20 Å². The Labute approximate surface area is 93.6 Å². The summed E-state index contributed by atoms with van der Waals surface area (Å²) in [6.07, 6.45) is 4.34. The molecule has 0 atom stereocenters. The molecule has 0 aromatic carbocycles. The van der Waals surface area contributed by atoms with Crippen LogP contribution in [0.15, 0.2) is 12.3 Å². The quantitative estimate of drug-likeness (QED) is 0.455. The van der Waals surface area contributed by atoms with Crippen LogP contribution in [0.4, 0.5) is 11.4 Å². The lowest BCUT2D eigenvalue weighted by molar-refractivity contribution is -0.385. The van der Waals surface area contributed by atoms with E-state index in [0.717, 1.165) is 19.3 Å². The average Bonchev–Trinajstić information content (AvgIpc) is 2.24. The molecule has 88 valence electrons. The lowest BCUT2D eigenvalue weighted by atomic mass is 10.3. The maximum atomic E-state index is 10.7. The minimum absolute atomic E-state index is 0.00102. The van der Waals surface area contributed by atoms with E-state index in [4.69, 9.17) is 10.5 Å². The Bertz CT molecular complexity index is 368. The van der Waals surface area contributed by atoms with Gasteiger partial charge in [0.1, 0.15) is 5.69 Å². The van der Waals surface area contributed by atoms with Crippen LogP contribution in [0, 0.1) is 10.1 Å². The number of unbranched alkanes of at least 4 members (excludes halogenated alkanes) is 2. The molecule has 0 aliphatic rings. The van der Waals surface area contributed by atoms with Gasteiger partial charge in [-0.2, -0.15) is 0 Å². The Morgan fingerprint density at radius 3 is 2.94 bits per heavy atom. The Kier molecular flexibility index (Phi) is 4.50. The number of pyridine rings is 1. The third-order valence-corrected chi connectivity index (χ3v) is 2.09. The van der Waals surface area contributed by atoms with Gasteiger partial charge in [0.2, 0.25) is 0 Å². The first kappa shape index (κ1) is 12.2. The molecule has 16 heavy (non-hydrogen) atoms. The molecule has 1 aromatic heterocycles. The zero-order valence-corrected chi connectivity index (χ0v) is 9.18. The third kappa shape index (κ3) is 3.08. The molecule has 1 aromatic rings. The number of nitro groups is 1. The summed E-state index contributed by atoms with van der Waals surface area (Å²) in [5.74, 6) is 0.00102. The van der Waals surface area contributed by atoms with Gasteiger partial charge in [-0.25, -0.2) is 4.98 Å². The maximum Gasteiger partial charge on any atom is 0.353 e. The van der Waals surface area contributed by atoms with Crippen molar-refractivity contribution < 1.29 is 9.66 Å². The van der Waals surface area contributed by atoms with E-state index in [1.807, 2.05) is 0 Å². The molecule has 2 N–H and O–H groups in total. The normalized spacial score (nSPS) is 10.1. The summed E-state index contributed by atoms with van der Waals surface area (Å²) in [5.41, 5.74) is 5.31. The zero-order chi connectivity index (χ0) is 12.0. The van der Waals surface area contributed by atoms with Gasteiger partial charge in [0.15, 0.2) is 0 Å². The first-order valence-electron chi connectivity index (χ1n) is 5.18. The van der Waals surface area contributed by atoms with E-state index in [1.165, 1.54) is 12.3 Å². The molecule has 0 amide bonds. The highest BCUT2D eigenvalue weighted by Crippen LogP contribution is 2.30. The van der Waals surface area contributed by atoms with Gasteiger partial charge in [0.05, 0.1) is 11.5 Å². The van der Waals surface area contributed by atoms with Crippen LogP contribution in [0.2, 0.25) is 0 Å². The largest absolute Gasteiger partial charge is 0.473 e. The summed E-state index contributed by atoms with van der Waals surface area (Å²) in [7, 11) is 0. The number of nitrogen functional groups attached to an aromatic ring is 1. The predicted molar refractivity (Wildman–Crippen MR) is 60.3 cm³/mol. The summed E-state index contributed by atoms with van der Waals surface area (Å²) in [6, 6.07) is 1.39.